The van der Waals surface area contributed by atoms with Gasteiger partial charge in [-0.05, 0) is 55.9 Å². The van der Waals surface area contributed by atoms with Gasteiger partial charge in [-0.25, -0.2) is 18.2 Å². The van der Waals surface area contributed by atoms with E-state index in [2.05, 4.69) is 25.3 Å². The Morgan fingerprint density at radius 2 is 2.08 bits per heavy atom. The van der Waals surface area contributed by atoms with Gasteiger partial charge in [0.05, 0.1) is 11.5 Å². The zero-order valence-electron chi connectivity index (χ0n) is 20.9. The normalized spacial score (nSPS) is 18.2. The molecule has 202 valence electrons. The van der Waals surface area contributed by atoms with E-state index in [9.17, 15) is 18.0 Å². The smallest absolute Gasteiger partial charge is 0.435 e. The molecule has 4 N–H and O–H groups in total. The van der Waals surface area contributed by atoms with Crippen LogP contribution in [0.2, 0.25) is 0 Å². The van der Waals surface area contributed by atoms with Gasteiger partial charge in [0.15, 0.2) is 12.2 Å². The minimum atomic E-state index is -3.99. The molecule has 37 heavy (non-hydrogen) atoms. The Morgan fingerprint density at radius 3 is 2.86 bits per heavy atom. The summed E-state index contributed by atoms with van der Waals surface area (Å²) >= 11 is 0. The summed E-state index contributed by atoms with van der Waals surface area (Å²) in [4.78, 5) is 34.2. The molecule has 0 radical (unpaired) electrons. The SMILES string of the molecule is CCOC(=O)O[C@@H]1CCCCN1C(=O)[C@H](CCCNc1ncc[nH]1)NS(=O)(=O)c1ccc2c(c1)CNC2. The summed E-state index contributed by atoms with van der Waals surface area (Å²) < 4.78 is 39.6. The maximum absolute atomic E-state index is 13.7. The van der Waals surface area contributed by atoms with Gasteiger partial charge in [-0.2, -0.15) is 4.72 Å². The molecule has 12 nitrogen and oxygen atoms in total. The van der Waals surface area contributed by atoms with Crippen molar-refractivity contribution in [3.05, 3.63) is 41.7 Å². The first-order valence-electron chi connectivity index (χ1n) is 12.6. The molecule has 0 unspecified atom stereocenters. The van der Waals surface area contributed by atoms with Crippen molar-refractivity contribution in [1.29, 1.82) is 0 Å². The van der Waals surface area contributed by atoms with Crippen LogP contribution in [0.1, 0.15) is 50.2 Å². The van der Waals surface area contributed by atoms with Crippen LogP contribution < -0.4 is 15.4 Å². The number of aromatic nitrogens is 2. The quantitative estimate of drug-likeness (QED) is 0.250. The minimum Gasteiger partial charge on any atom is -0.435 e. The van der Waals surface area contributed by atoms with Gasteiger partial charge in [-0.15, -0.1) is 0 Å². The Balaban J connectivity index is 1.50. The number of fused-ring (bicyclic) bond motifs is 1. The number of amides is 1. The highest BCUT2D eigenvalue weighted by atomic mass is 32.2. The number of H-pyrrole nitrogens is 1. The number of imidazole rings is 1. The Bertz CT molecular complexity index is 1170. The molecular weight excluding hydrogens is 500 g/mol. The van der Waals surface area contributed by atoms with E-state index in [1.165, 1.54) is 4.90 Å². The Labute approximate surface area is 216 Å². The van der Waals surface area contributed by atoms with Gasteiger partial charge in [0.25, 0.3) is 0 Å². The van der Waals surface area contributed by atoms with Crippen LogP contribution >= 0.6 is 0 Å². The molecule has 1 saturated heterocycles. The van der Waals surface area contributed by atoms with E-state index in [0.717, 1.165) is 24.0 Å². The number of carbonyl (C=O) groups excluding carboxylic acids is 2. The van der Waals surface area contributed by atoms with Crippen LogP contribution in [0.5, 0.6) is 0 Å². The number of piperidine rings is 1. The number of sulfonamides is 1. The minimum absolute atomic E-state index is 0.111. The van der Waals surface area contributed by atoms with Crippen molar-refractivity contribution in [3.63, 3.8) is 0 Å². The number of ether oxygens (including phenoxy) is 2. The molecule has 2 aromatic rings. The molecule has 1 aromatic carbocycles. The number of likely N-dealkylation sites (tertiary alicyclic amines) is 1. The van der Waals surface area contributed by atoms with Gasteiger partial charge < -0.3 is 30.0 Å². The summed E-state index contributed by atoms with van der Waals surface area (Å²) in [6, 6.07) is 3.95. The third kappa shape index (κ3) is 6.99. The summed E-state index contributed by atoms with van der Waals surface area (Å²) in [6.45, 7) is 3.95. The highest BCUT2D eigenvalue weighted by molar-refractivity contribution is 7.89. The largest absolute Gasteiger partial charge is 0.510 e. The number of hydrogen-bond donors (Lipinski definition) is 4. The predicted molar refractivity (Wildman–Crippen MR) is 135 cm³/mol. The van der Waals surface area contributed by atoms with Gasteiger partial charge in [0, 0.05) is 45.0 Å². The molecule has 1 aromatic heterocycles. The van der Waals surface area contributed by atoms with E-state index < -0.39 is 34.4 Å². The summed E-state index contributed by atoms with van der Waals surface area (Å²) in [6.07, 6.45) is 4.35. The lowest BCUT2D eigenvalue weighted by atomic mass is 10.1. The first-order chi connectivity index (χ1) is 17.9. The lowest BCUT2D eigenvalue weighted by Crippen LogP contribution is -2.54. The molecule has 0 saturated carbocycles. The third-order valence-corrected chi connectivity index (χ3v) is 7.87. The van der Waals surface area contributed by atoms with Crippen molar-refractivity contribution in [3.8, 4) is 0 Å². The van der Waals surface area contributed by atoms with Crippen molar-refractivity contribution in [2.45, 2.75) is 69.3 Å². The Kier molecular flexibility index (Phi) is 9.00. The Morgan fingerprint density at radius 1 is 1.24 bits per heavy atom. The van der Waals surface area contributed by atoms with E-state index in [0.29, 0.717) is 45.0 Å². The van der Waals surface area contributed by atoms with Crippen LogP contribution in [0.4, 0.5) is 10.7 Å². The maximum atomic E-state index is 13.7. The zero-order valence-corrected chi connectivity index (χ0v) is 21.7. The highest BCUT2D eigenvalue weighted by Gasteiger charge is 2.36. The number of nitrogens with zero attached hydrogens (tertiary/aromatic N) is 2. The predicted octanol–water partition coefficient (Wildman–Crippen LogP) is 2.06. The number of rotatable bonds is 11. The van der Waals surface area contributed by atoms with E-state index in [-0.39, 0.29) is 17.9 Å². The molecule has 0 bridgehead atoms. The van der Waals surface area contributed by atoms with Gasteiger partial charge in [0.1, 0.15) is 6.04 Å². The van der Waals surface area contributed by atoms with E-state index in [1.54, 1.807) is 37.5 Å². The van der Waals surface area contributed by atoms with Crippen molar-refractivity contribution in [1.82, 2.24) is 24.9 Å². The summed E-state index contributed by atoms with van der Waals surface area (Å²) in [7, 11) is -3.99. The second-order valence-corrected chi connectivity index (χ2v) is 10.7. The molecule has 13 heteroatoms. The number of carbonyl (C=O) groups is 2. The zero-order chi connectivity index (χ0) is 26.3. The lowest BCUT2D eigenvalue weighted by molar-refractivity contribution is -0.148. The number of anilines is 1. The van der Waals surface area contributed by atoms with E-state index in [4.69, 9.17) is 9.47 Å². The molecule has 2 aliphatic heterocycles. The van der Waals surface area contributed by atoms with Crippen LogP contribution in [-0.2, 0) is 37.4 Å². The van der Waals surface area contributed by atoms with E-state index in [1.807, 2.05) is 0 Å². The van der Waals surface area contributed by atoms with Crippen LogP contribution in [0, 0.1) is 0 Å². The first-order valence-corrected chi connectivity index (χ1v) is 14.1. The van der Waals surface area contributed by atoms with Gasteiger partial charge in [-0.3, -0.25) is 4.79 Å². The number of aromatic amines is 1. The van der Waals surface area contributed by atoms with Gasteiger partial charge in [-0.1, -0.05) is 6.07 Å². The standard InChI is InChI=1S/C24H34N6O6S/c1-2-35-24(32)36-21-7-3-4-13-30(21)22(31)20(6-5-10-26-23-27-11-12-28-23)29-37(33,34)19-9-8-17-15-25-16-18(17)14-19/h8-9,11-12,14,20-21,25,29H,2-7,10,13,15-16H2,1H3,(H2,26,27,28)/t20-,21+/m0/s1. The number of nitrogens with one attached hydrogen (secondary N) is 4. The van der Waals surface area contributed by atoms with Crippen molar-refractivity contribution in [2.75, 3.05) is 25.0 Å². The fourth-order valence-electron chi connectivity index (χ4n) is 4.54. The maximum Gasteiger partial charge on any atom is 0.510 e. The van der Waals surface area contributed by atoms with Crippen LogP contribution in [0.25, 0.3) is 0 Å². The van der Waals surface area contributed by atoms with Gasteiger partial charge >= 0.3 is 6.16 Å². The molecule has 0 spiro atoms. The van der Waals surface area contributed by atoms with Crippen LogP contribution in [-0.4, -0.2) is 67.3 Å². The molecular formula is C24H34N6O6S. The van der Waals surface area contributed by atoms with Crippen LogP contribution in [0.3, 0.4) is 0 Å². The fourth-order valence-corrected chi connectivity index (χ4v) is 5.81. The number of benzene rings is 1. The number of hydrogen-bond acceptors (Lipinski definition) is 9. The summed E-state index contributed by atoms with van der Waals surface area (Å²) in [5.74, 6) is 0.160. The Hall–Kier alpha value is -3.16. The summed E-state index contributed by atoms with van der Waals surface area (Å²) in [5, 5.41) is 6.31. The van der Waals surface area contributed by atoms with Crippen molar-refractivity contribution in [2.24, 2.45) is 0 Å². The molecule has 4 rings (SSSR count). The molecule has 1 amide bonds. The summed E-state index contributed by atoms with van der Waals surface area (Å²) in [5.41, 5.74) is 1.98. The van der Waals surface area contributed by atoms with Crippen molar-refractivity contribution >= 4 is 28.0 Å². The second-order valence-electron chi connectivity index (χ2n) is 9.00. The van der Waals surface area contributed by atoms with Crippen molar-refractivity contribution < 1.29 is 27.5 Å². The third-order valence-electron chi connectivity index (χ3n) is 6.40. The van der Waals surface area contributed by atoms with Crippen LogP contribution in [0.15, 0.2) is 35.5 Å². The average Bonchev–Trinajstić information content (AvgIpc) is 3.57. The highest BCUT2D eigenvalue weighted by Crippen LogP contribution is 2.23. The van der Waals surface area contributed by atoms with E-state index >= 15 is 0 Å². The fraction of sp³-hybridized carbons (Fsp3) is 0.542. The topological polar surface area (TPSA) is 155 Å². The molecule has 0 aliphatic carbocycles. The lowest BCUT2D eigenvalue weighted by Gasteiger charge is -2.36. The first kappa shape index (κ1) is 26.9. The van der Waals surface area contributed by atoms with Gasteiger partial charge in [0.2, 0.25) is 15.9 Å². The molecule has 2 atom stereocenters. The molecule has 3 heterocycles. The second kappa shape index (κ2) is 12.4. The molecule has 1 fully saturated rings. The molecule has 2 aliphatic rings. The average molecular weight is 535 g/mol. The monoisotopic (exact) mass is 534 g/mol.